The van der Waals surface area contributed by atoms with Crippen LogP contribution in [-0.2, 0) is 5.41 Å². The lowest BCUT2D eigenvalue weighted by Crippen LogP contribution is -2.44. The van der Waals surface area contributed by atoms with Gasteiger partial charge in [0.15, 0.2) is 0 Å². The number of carbonyl (C=O) groups excluding carboxylic acids is 1. The number of aromatic nitrogens is 2. The maximum atomic E-state index is 12.0. The van der Waals surface area contributed by atoms with Crippen LogP contribution in [0.25, 0.3) is 0 Å². The second kappa shape index (κ2) is 5.21. The van der Waals surface area contributed by atoms with Crippen molar-refractivity contribution in [2.75, 3.05) is 5.32 Å². The molecule has 2 aliphatic rings. The molecule has 2 fully saturated rings. The smallest absolute Gasteiger partial charge is 0.321 e. The Morgan fingerprint density at radius 3 is 2.67 bits per heavy atom. The van der Waals surface area contributed by atoms with Gasteiger partial charge in [0.1, 0.15) is 5.82 Å². The quantitative estimate of drug-likeness (QED) is 0.781. The van der Waals surface area contributed by atoms with E-state index in [1.807, 2.05) is 20.8 Å². The Morgan fingerprint density at radius 2 is 2.10 bits per heavy atom. The Labute approximate surface area is 128 Å². The third kappa shape index (κ3) is 3.03. The minimum absolute atomic E-state index is 0.0776. The molecule has 4 atom stereocenters. The van der Waals surface area contributed by atoms with Crippen LogP contribution in [0.5, 0.6) is 0 Å². The van der Waals surface area contributed by atoms with Crippen LogP contribution in [0.3, 0.4) is 0 Å². The minimum atomic E-state index is -0.261. The lowest BCUT2D eigenvalue weighted by atomic mass is 9.93. The first-order valence-corrected chi connectivity index (χ1v) is 8.20. The summed E-state index contributed by atoms with van der Waals surface area (Å²) in [5, 5.41) is 16.1. The number of amides is 2. The van der Waals surface area contributed by atoms with Crippen LogP contribution in [0, 0.1) is 11.8 Å². The molecule has 0 radical (unpaired) electrons. The van der Waals surface area contributed by atoms with Gasteiger partial charge in [0.2, 0.25) is 5.13 Å². The lowest BCUT2D eigenvalue weighted by Gasteiger charge is -2.26. The molecular weight excluding hydrogens is 288 g/mol. The van der Waals surface area contributed by atoms with Gasteiger partial charge in [0.05, 0.1) is 6.10 Å². The van der Waals surface area contributed by atoms with Crippen molar-refractivity contribution in [1.82, 2.24) is 14.7 Å². The highest BCUT2D eigenvalue weighted by molar-refractivity contribution is 7.09. The fraction of sp³-hybridized carbons (Fsp3) is 0.786. The number of rotatable bonds is 2. The third-order valence-electron chi connectivity index (χ3n) is 4.41. The van der Waals surface area contributed by atoms with Crippen molar-refractivity contribution in [2.45, 2.75) is 57.6 Å². The number of urea groups is 1. The molecular formula is C14H22N4O2S. The number of nitrogens with one attached hydrogen (secondary N) is 2. The van der Waals surface area contributed by atoms with Crippen molar-refractivity contribution in [2.24, 2.45) is 11.8 Å². The molecule has 7 heteroatoms. The Bertz CT molecular complexity index is 539. The summed E-state index contributed by atoms with van der Waals surface area (Å²) in [6.07, 6.45) is 2.62. The number of anilines is 1. The minimum Gasteiger partial charge on any atom is -0.393 e. The zero-order valence-corrected chi connectivity index (χ0v) is 13.4. The summed E-state index contributed by atoms with van der Waals surface area (Å²) in [4.78, 5) is 16.4. The van der Waals surface area contributed by atoms with Crippen LogP contribution in [0.1, 0.15) is 45.9 Å². The second-order valence-electron chi connectivity index (χ2n) is 7.18. The normalized spacial score (nSPS) is 31.4. The highest BCUT2D eigenvalue weighted by Gasteiger charge is 2.46. The first-order chi connectivity index (χ1) is 9.83. The molecule has 0 spiro atoms. The van der Waals surface area contributed by atoms with Gasteiger partial charge in [-0.3, -0.25) is 5.32 Å². The lowest BCUT2D eigenvalue weighted by molar-refractivity contribution is 0.0960. The molecule has 116 valence electrons. The summed E-state index contributed by atoms with van der Waals surface area (Å²) >= 11 is 1.20. The molecule has 1 aromatic rings. The van der Waals surface area contributed by atoms with Crippen LogP contribution in [-0.4, -0.2) is 32.6 Å². The molecule has 3 N–H and O–H groups in total. The van der Waals surface area contributed by atoms with Gasteiger partial charge in [-0.2, -0.15) is 4.37 Å². The van der Waals surface area contributed by atoms with E-state index in [-0.39, 0.29) is 29.5 Å². The number of fused-ring (bicyclic) bond motifs is 2. The number of aliphatic hydroxyl groups is 1. The summed E-state index contributed by atoms with van der Waals surface area (Å²) in [6.45, 7) is 6.11. The molecule has 3 rings (SSSR count). The molecule has 21 heavy (non-hydrogen) atoms. The number of hydrogen-bond donors (Lipinski definition) is 3. The summed E-state index contributed by atoms with van der Waals surface area (Å²) in [5.74, 6) is 1.50. The highest BCUT2D eigenvalue weighted by Crippen LogP contribution is 2.44. The van der Waals surface area contributed by atoms with Crippen LogP contribution in [0.15, 0.2) is 0 Å². The van der Waals surface area contributed by atoms with Gasteiger partial charge in [0.25, 0.3) is 0 Å². The number of nitrogens with zero attached hydrogens (tertiary/aromatic N) is 2. The summed E-state index contributed by atoms with van der Waals surface area (Å²) in [6, 6.07) is -0.176. The van der Waals surface area contributed by atoms with Gasteiger partial charge in [0, 0.05) is 28.9 Å². The highest BCUT2D eigenvalue weighted by atomic mass is 32.1. The molecule has 1 aromatic heterocycles. The first-order valence-electron chi connectivity index (χ1n) is 7.42. The monoisotopic (exact) mass is 310 g/mol. The molecule has 6 nitrogen and oxygen atoms in total. The number of aliphatic hydroxyl groups excluding tert-OH is 1. The second-order valence-corrected chi connectivity index (χ2v) is 7.93. The van der Waals surface area contributed by atoms with E-state index in [4.69, 9.17) is 0 Å². The van der Waals surface area contributed by atoms with Crippen molar-refractivity contribution in [3.63, 3.8) is 0 Å². The van der Waals surface area contributed by atoms with Crippen molar-refractivity contribution in [3.05, 3.63) is 5.82 Å². The van der Waals surface area contributed by atoms with E-state index < -0.39 is 0 Å². The van der Waals surface area contributed by atoms with E-state index in [2.05, 4.69) is 20.0 Å². The fourth-order valence-corrected chi connectivity index (χ4v) is 4.11. The van der Waals surface area contributed by atoms with Gasteiger partial charge in [-0.1, -0.05) is 20.8 Å². The molecule has 1 heterocycles. The molecule has 0 unspecified atom stereocenters. The summed E-state index contributed by atoms with van der Waals surface area (Å²) in [7, 11) is 0. The van der Waals surface area contributed by atoms with Crippen LogP contribution in [0.4, 0.5) is 9.93 Å². The van der Waals surface area contributed by atoms with Gasteiger partial charge in [-0.25, -0.2) is 9.78 Å². The van der Waals surface area contributed by atoms with Gasteiger partial charge in [-0.05, 0) is 25.2 Å². The molecule has 2 bridgehead atoms. The van der Waals surface area contributed by atoms with E-state index in [0.29, 0.717) is 11.0 Å². The third-order valence-corrected chi connectivity index (χ3v) is 5.04. The van der Waals surface area contributed by atoms with Crippen molar-refractivity contribution in [3.8, 4) is 0 Å². The predicted octanol–water partition coefficient (Wildman–Crippen LogP) is 2.12. The summed E-state index contributed by atoms with van der Waals surface area (Å²) in [5.41, 5.74) is -0.123. The zero-order chi connectivity index (χ0) is 15.2. The fourth-order valence-electron chi connectivity index (χ4n) is 3.36. The van der Waals surface area contributed by atoms with Gasteiger partial charge >= 0.3 is 6.03 Å². The van der Waals surface area contributed by atoms with Crippen molar-refractivity contribution < 1.29 is 9.90 Å². The number of carbonyl (C=O) groups is 1. The van der Waals surface area contributed by atoms with Crippen LogP contribution >= 0.6 is 11.5 Å². The maximum Gasteiger partial charge on any atom is 0.321 e. The first kappa shape index (κ1) is 14.7. The van der Waals surface area contributed by atoms with Crippen LogP contribution in [0.2, 0.25) is 0 Å². The Morgan fingerprint density at radius 1 is 1.33 bits per heavy atom. The maximum absolute atomic E-state index is 12.0. The van der Waals surface area contributed by atoms with Crippen molar-refractivity contribution >= 4 is 22.7 Å². The SMILES string of the molecule is CC(C)(C)c1nsc(NC(=O)N[C@@H]2C[C@H]3C[C@@H]2[C@@H](O)C3)n1. The average Bonchev–Trinajstić information content (AvgIpc) is 3.02. The summed E-state index contributed by atoms with van der Waals surface area (Å²) < 4.78 is 4.27. The Balaban J connectivity index is 1.56. The topological polar surface area (TPSA) is 87.1 Å². The molecule has 2 saturated carbocycles. The Hall–Kier alpha value is -1.21. The van der Waals surface area contributed by atoms with Crippen molar-refractivity contribution in [1.29, 1.82) is 0 Å². The van der Waals surface area contributed by atoms with E-state index >= 15 is 0 Å². The van der Waals surface area contributed by atoms with Gasteiger partial charge < -0.3 is 10.4 Å². The van der Waals surface area contributed by atoms with Gasteiger partial charge in [-0.15, -0.1) is 0 Å². The predicted molar refractivity (Wildman–Crippen MR) is 81.4 cm³/mol. The molecule has 2 amide bonds. The van der Waals surface area contributed by atoms with E-state index in [9.17, 15) is 9.90 Å². The standard InChI is InChI=1S/C14H22N4O2S/c1-14(2,3)11-16-13(21-18-11)17-12(20)15-9-5-7-4-8(9)10(19)6-7/h7-10,19H,4-6H2,1-3H3,(H2,15,16,17,18,20)/t7-,8+,9-,10+/m1/s1. The van der Waals surface area contributed by atoms with Crippen LogP contribution < -0.4 is 10.6 Å². The van der Waals surface area contributed by atoms with E-state index in [1.165, 1.54) is 11.5 Å². The molecule has 0 aliphatic heterocycles. The average molecular weight is 310 g/mol. The van der Waals surface area contributed by atoms with E-state index in [0.717, 1.165) is 25.1 Å². The Kier molecular flexibility index (Phi) is 3.65. The molecule has 0 aromatic carbocycles. The van der Waals surface area contributed by atoms with E-state index in [1.54, 1.807) is 0 Å². The number of hydrogen-bond acceptors (Lipinski definition) is 5. The zero-order valence-electron chi connectivity index (χ0n) is 12.6. The molecule has 2 aliphatic carbocycles. The molecule has 0 saturated heterocycles. The largest absolute Gasteiger partial charge is 0.393 e.